The van der Waals surface area contributed by atoms with E-state index in [4.69, 9.17) is 0 Å². The van der Waals surface area contributed by atoms with Gasteiger partial charge in [0.2, 0.25) is 0 Å². The minimum absolute atomic E-state index is 0.0340. The summed E-state index contributed by atoms with van der Waals surface area (Å²) in [6.07, 6.45) is 4.65. The lowest BCUT2D eigenvalue weighted by Gasteiger charge is -2.22. The molecule has 0 atom stereocenters. The van der Waals surface area contributed by atoms with E-state index in [9.17, 15) is 0 Å². The van der Waals surface area contributed by atoms with Gasteiger partial charge in [-0.15, -0.1) is 11.3 Å². The van der Waals surface area contributed by atoms with Crippen LogP contribution in [0.5, 0.6) is 0 Å². The summed E-state index contributed by atoms with van der Waals surface area (Å²) < 4.78 is 0. The Bertz CT molecular complexity index is 1460. The fourth-order valence-electron chi connectivity index (χ4n) is 4.46. The number of benzene rings is 2. The standard InChI is InChI=1S/C29H29N3S/c1-18(2)12-21-15-24-23(10-11-30-28(24)33-21)27-16-26(31-17-32-27)20-13-19-8-6-7-9-22(19)25(14-20)29(3,4)5/h6-11,13-18H,12H2,1-5H3. The molecule has 0 saturated carbocycles. The molecule has 4 heteroatoms. The fourth-order valence-corrected chi connectivity index (χ4v) is 5.69. The Kier molecular flexibility index (Phi) is 5.49. The number of pyridine rings is 1. The molecule has 5 aromatic rings. The second-order valence-corrected chi connectivity index (χ2v) is 11.3. The molecule has 3 heterocycles. The summed E-state index contributed by atoms with van der Waals surface area (Å²) >= 11 is 1.79. The van der Waals surface area contributed by atoms with Crippen LogP contribution in [0.4, 0.5) is 0 Å². The van der Waals surface area contributed by atoms with E-state index in [1.807, 2.05) is 6.20 Å². The average molecular weight is 452 g/mol. The smallest absolute Gasteiger partial charge is 0.124 e. The van der Waals surface area contributed by atoms with Crippen molar-refractivity contribution in [3.05, 3.63) is 77.6 Å². The molecule has 0 radical (unpaired) electrons. The Labute approximate surface area is 199 Å². The van der Waals surface area contributed by atoms with Gasteiger partial charge in [0.05, 0.1) is 11.4 Å². The predicted molar refractivity (Wildman–Crippen MR) is 141 cm³/mol. The van der Waals surface area contributed by atoms with Crippen LogP contribution in [0.1, 0.15) is 45.1 Å². The van der Waals surface area contributed by atoms with Crippen LogP contribution in [0, 0.1) is 5.92 Å². The van der Waals surface area contributed by atoms with Crippen molar-refractivity contribution < 1.29 is 0 Å². The number of hydrogen-bond donors (Lipinski definition) is 0. The third-order valence-corrected chi connectivity index (χ3v) is 7.07. The molecule has 0 saturated heterocycles. The molecular formula is C29H29N3S. The molecule has 0 bridgehead atoms. The number of fused-ring (bicyclic) bond motifs is 2. The predicted octanol–water partition coefficient (Wildman–Crippen LogP) is 8.07. The first-order valence-corrected chi connectivity index (χ1v) is 12.3. The molecule has 33 heavy (non-hydrogen) atoms. The monoisotopic (exact) mass is 451 g/mol. The fraction of sp³-hybridized carbons (Fsp3) is 0.276. The van der Waals surface area contributed by atoms with E-state index >= 15 is 0 Å². The summed E-state index contributed by atoms with van der Waals surface area (Å²) in [4.78, 5) is 16.4. The molecule has 0 amide bonds. The van der Waals surface area contributed by atoms with Crippen LogP contribution >= 0.6 is 11.3 Å². The van der Waals surface area contributed by atoms with Crippen LogP contribution in [0.25, 0.3) is 43.5 Å². The van der Waals surface area contributed by atoms with E-state index < -0.39 is 0 Å². The SMILES string of the molecule is CC(C)Cc1cc2c(-c3cc(-c4cc(C(C)(C)C)c5ccccc5c4)ncn3)ccnc2s1. The molecular weight excluding hydrogens is 422 g/mol. The zero-order chi connectivity index (χ0) is 23.2. The van der Waals surface area contributed by atoms with Crippen LogP contribution in [0.3, 0.4) is 0 Å². The molecule has 0 N–H and O–H groups in total. The van der Waals surface area contributed by atoms with Gasteiger partial charge in [0.25, 0.3) is 0 Å². The number of rotatable bonds is 4. The van der Waals surface area contributed by atoms with Crippen molar-refractivity contribution in [1.29, 1.82) is 0 Å². The maximum absolute atomic E-state index is 4.67. The van der Waals surface area contributed by atoms with E-state index in [2.05, 4.69) is 104 Å². The third-order valence-electron chi connectivity index (χ3n) is 6.00. The van der Waals surface area contributed by atoms with E-state index in [-0.39, 0.29) is 5.41 Å². The minimum atomic E-state index is 0.0340. The first kappa shape index (κ1) is 21.7. The van der Waals surface area contributed by atoms with E-state index in [1.54, 1.807) is 17.7 Å². The molecule has 0 fully saturated rings. The highest BCUT2D eigenvalue weighted by Crippen LogP contribution is 2.36. The quantitative estimate of drug-likeness (QED) is 0.277. The van der Waals surface area contributed by atoms with Gasteiger partial charge in [0.15, 0.2) is 0 Å². The van der Waals surface area contributed by atoms with Crippen molar-refractivity contribution in [3.8, 4) is 22.5 Å². The number of thiophene rings is 1. The van der Waals surface area contributed by atoms with Gasteiger partial charge in [0.1, 0.15) is 11.2 Å². The highest BCUT2D eigenvalue weighted by Gasteiger charge is 2.19. The van der Waals surface area contributed by atoms with E-state index in [0.717, 1.165) is 33.8 Å². The Morgan fingerprint density at radius 1 is 0.848 bits per heavy atom. The molecule has 0 aliphatic heterocycles. The van der Waals surface area contributed by atoms with Gasteiger partial charge >= 0.3 is 0 Å². The second-order valence-electron chi connectivity index (χ2n) is 10.2. The third kappa shape index (κ3) is 4.28. The van der Waals surface area contributed by atoms with Crippen LogP contribution in [-0.4, -0.2) is 15.0 Å². The molecule has 2 aromatic carbocycles. The minimum Gasteiger partial charge on any atom is -0.245 e. The van der Waals surface area contributed by atoms with Crippen LogP contribution in [0.2, 0.25) is 0 Å². The summed E-state index contributed by atoms with van der Waals surface area (Å²) in [5, 5.41) is 3.72. The largest absolute Gasteiger partial charge is 0.245 e. The summed E-state index contributed by atoms with van der Waals surface area (Å²) in [7, 11) is 0. The molecule has 0 unspecified atom stereocenters. The number of hydrogen-bond acceptors (Lipinski definition) is 4. The molecule has 3 nitrogen and oxygen atoms in total. The molecule has 0 aliphatic rings. The van der Waals surface area contributed by atoms with Crippen molar-refractivity contribution in [2.24, 2.45) is 5.92 Å². The van der Waals surface area contributed by atoms with Gasteiger partial charge in [-0.1, -0.05) is 58.9 Å². The topological polar surface area (TPSA) is 38.7 Å². The number of aromatic nitrogens is 3. The maximum Gasteiger partial charge on any atom is 0.124 e. The lowest BCUT2D eigenvalue weighted by Crippen LogP contribution is -2.12. The zero-order valence-electron chi connectivity index (χ0n) is 19.9. The van der Waals surface area contributed by atoms with Crippen LogP contribution in [-0.2, 0) is 11.8 Å². The van der Waals surface area contributed by atoms with Crippen molar-refractivity contribution in [2.45, 2.75) is 46.5 Å². The maximum atomic E-state index is 4.67. The highest BCUT2D eigenvalue weighted by molar-refractivity contribution is 7.18. The van der Waals surface area contributed by atoms with E-state index in [0.29, 0.717) is 5.92 Å². The molecule has 3 aromatic heterocycles. The second kappa shape index (κ2) is 8.35. The van der Waals surface area contributed by atoms with Crippen molar-refractivity contribution in [1.82, 2.24) is 15.0 Å². The van der Waals surface area contributed by atoms with Crippen LogP contribution in [0.15, 0.2) is 67.1 Å². The Morgan fingerprint density at radius 3 is 2.42 bits per heavy atom. The Hall–Kier alpha value is -3.11. The lowest BCUT2D eigenvalue weighted by atomic mass is 9.82. The first-order chi connectivity index (χ1) is 15.8. The first-order valence-electron chi connectivity index (χ1n) is 11.5. The lowest BCUT2D eigenvalue weighted by molar-refractivity contribution is 0.596. The van der Waals surface area contributed by atoms with Gasteiger partial charge < -0.3 is 0 Å². The van der Waals surface area contributed by atoms with Gasteiger partial charge in [-0.3, -0.25) is 0 Å². The zero-order valence-corrected chi connectivity index (χ0v) is 20.7. The van der Waals surface area contributed by atoms with Crippen molar-refractivity contribution in [2.75, 3.05) is 0 Å². The Morgan fingerprint density at radius 2 is 1.64 bits per heavy atom. The van der Waals surface area contributed by atoms with Gasteiger partial charge in [0, 0.05) is 27.6 Å². The summed E-state index contributed by atoms with van der Waals surface area (Å²) in [5.41, 5.74) is 5.49. The molecule has 0 aliphatic carbocycles. The highest BCUT2D eigenvalue weighted by atomic mass is 32.1. The molecule has 0 spiro atoms. The normalized spacial score (nSPS) is 12.2. The van der Waals surface area contributed by atoms with Crippen molar-refractivity contribution in [3.63, 3.8) is 0 Å². The van der Waals surface area contributed by atoms with Gasteiger partial charge in [-0.2, -0.15) is 0 Å². The number of nitrogens with zero attached hydrogens (tertiary/aromatic N) is 3. The van der Waals surface area contributed by atoms with Crippen molar-refractivity contribution >= 4 is 32.3 Å². The summed E-state index contributed by atoms with van der Waals surface area (Å²) in [6, 6.07) is 19.6. The van der Waals surface area contributed by atoms with E-state index in [1.165, 1.54) is 26.6 Å². The Balaban J connectivity index is 1.64. The molecule has 5 rings (SSSR count). The summed E-state index contributed by atoms with van der Waals surface area (Å²) in [5.74, 6) is 0.622. The average Bonchev–Trinajstić information content (AvgIpc) is 3.19. The van der Waals surface area contributed by atoms with Gasteiger partial charge in [-0.25, -0.2) is 15.0 Å². The molecule has 166 valence electrons. The van der Waals surface area contributed by atoms with Gasteiger partial charge in [-0.05, 0) is 64.4 Å². The van der Waals surface area contributed by atoms with Crippen LogP contribution < -0.4 is 0 Å². The summed E-state index contributed by atoms with van der Waals surface area (Å²) in [6.45, 7) is 11.3.